The summed E-state index contributed by atoms with van der Waals surface area (Å²) < 4.78 is 13.0. The molecule has 6 nitrogen and oxygen atoms in total. The number of rotatable bonds is 3. The van der Waals surface area contributed by atoms with Gasteiger partial charge in [-0.25, -0.2) is 0 Å². The van der Waals surface area contributed by atoms with Crippen LogP contribution in [0, 0.1) is 28.6 Å². The first-order chi connectivity index (χ1) is 16.2. The maximum atomic E-state index is 13.5. The summed E-state index contributed by atoms with van der Waals surface area (Å²) >= 11 is 0. The predicted molar refractivity (Wildman–Crippen MR) is 123 cm³/mol. The van der Waals surface area contributed by atoms with Crippen molar-refractivity contribution in [3.05, 3.63) is 59.7 Å². The zero-order chi connectivity index (χ0) is 23.9. The van der Waals surface area contributed by atoms with Crippen LogP contribution in [0.1, 0.15) is 51.4 Å². The molecule has 1 aliphatic heterocycles. The largest absolute Gasteiger partial charge is 0.393 e. The van der Waals surface area contributed by atoms with Crippen LogP contribution in [0.15, 0.2) is 54.1 Å². The van der Waals surface area contributed by atoms with Crippen molar-refractivity contribution in [3.8, 4) is 0 Å². The number of carbonyl (C=O) groups excluding carboxylic acids is 2. The summed E-state index contributed by atoms with van der Waals surface area (Å²) in [7, 11) is 0. The number of Topliss-reactive ketones (excluding diaryl/α,β-unsaturated/α-hetero) is 1. The van der Waals surface area contributed by atoms with E-state index in [4.69, 9.17) is 9.47 Å². The molecule has 0 amide bonds. The van der Waals surface area contributed by atoms with Gasteiger partial charge in [-0.3, -0.25) is 9.59 Å². The third kappa shape index (κ3) is 2.71. The fourth-order valence-corrected chi connectivity index (χ4v) is 8.44. The second-order valence-electron chi connectivity index (χ2n) is 11.2. The quantitative estimate of drug-likeness (QED) is 0.713. The van der Waals surface area contributed by atoms with Crippen molar-refractivity contribution >= 4 is 11.6 Å². The van der Waals surface area contributed by atoms with Gasteiger partial charge in [-0.05, 0) is 49.7 Å². The topological polar surface area (TPSA) is 93.1 Å². The van der Waals surface area contributed by atoms with Gasteiger partial charge in [-0.2, -0.15) is 0 Å². The Hall–Kier alpha value is -2.12. The molecule has 9 atom stereocenters. The Morgan fingerprint density at radius 1 is 1.21 bits per heavy atom. The normalized spacial score (nSPS) is 46.8. The molecule has 6 heteroatoms. The van der Waals surface area contributed by atoms with Crippen molar-refractivity contribution in [1.82, 2.24) is 0 Å². The van der Waals surface area contributed by atoms with E-state index in [1.807, 2.05) is 36.4 Å². The minimum absolute atomic E-state index is 0.0118. The van der Waals surface area contributed by atoms with E-state index in [0.29, 0.717) is 12.8 Å². The van der Waals surface area contributed by atoms with Crippen LogP contribution >= 0.6 is 0 Å². The SMILES string of the molecule is C[C@]12C=CC(=O)C=C1CC[C@@H]1[C@@H]2[C@@H](O)C[C@@]2(C)[C@H]1CC1OC(c3ccccc3)O[C@]12C(=O)CO. The molecule has 0 bridgehead atoms. The number of fused-ring (bicyclic) bond motifs is 7. The van der Waals surface area contributed by atoms with Crippen LogP contribution in [0.3, 0.4) is 0 Å². The highest BCUT2D eigenvalue weighted by molar-refractivity contribution is 6.01. The van der Waals surface area contributed by atoms with Crippen molar-refractivity contribution in [3.63, 3.8) is 0 Å². The van der Waals surface area contributed by atoms with Gasteiger partial charge in [-0.1, -0.05) is 55.8 Å². The van der Waals surface area contributed by atoms with E-state index < -0.39 is 36.1 Å². The van der Waals surface area contributed by atoms with Gasteiger partial charge in [0, 0.05) is 22.3 Å². The lowest BCUT2D eigenvalue weighted by atomic mass is 9.46. The van der Waals surface area contributed by atoms with Crippen LogP contribution in [-0.4, -0.2) is 46.2 Å². The molecule has 2 unspecified atom stereocenters. The number of ether oxygens (including phenoxy) is 2. The maximum Gasteiger partial charge on any atom is 0.193 e. The molecule has 0 spiro atoms. The highest BCUT2D eigenvalue weighted by atomic mass is 16.7. The van der Waals surface area contributed by atoms with Gasteiger partial charge in [0.1, 0.15) is 6.61 Å². The van der Waals surface area contributed by atoms with E-state index in [1.54, 1.807) is 12.2 Å². The summed E-state index contributed by atoms with van der Waals surface area (Å²) in [5.74, 6) is -0.136. The zero-order valence-corrected chi connectivity index (χ0v) is 19.6. The summed E-state index contributed by atoms with van der Waals surface area (Å²) in [6.07, 6.45) is 6.21. The van der Waals surface area contributed by atoms with Crippen LogP contribution < -0.4 is 0 Å². The van der Waals surface area contributed by atoms with Gasteiger partial charge in [-0.15, -0.1) is 0 Å². The third-order valence-electron chi connectivity index (χ3n) is 9.87. The van der Waals surface area contributed by atoms with Crippen molar-refractivity contribution in [1.29, 1.82) is 0 Å². The average molecular weight is 465 g/mol. The number of hydrogen-bond donors (Lipinski definition) is 2. The minimum Gasteiger partial charge on any atom is -0.393 e. The van der Waals surface area contributed by atoms with E-state index >= 15 is 0 Å². The van der Waals surface area contributed by atoms with Crippen LogP contribution in [0.2, 0.25) is 0 Å². The molecular formula is C28H32O6. The Morgan fingerprint density at radius 3 is 2.71 bits per heavy atom. The van der Waals surface area contributed by atoms with Crippen LogP contribution in [0.4, 0.5) is 0 Å². The number of ketones is 2. The van der Waals surface area contributed by atoms with E-state index in [1.165, 1.54) is 0 Å². The van der Waals surface area contributed by atoms with Crippen LogP contribution in [-0.2, 0) is 19.1 Å². The highest BCUT2D eigenvalue weighted by Gasteiger charge is 2.75. The first-order valence-corrected chi connectivity index (χ1v) is 12.4. The minimum atomic E-state index is -1.30. The maximum absolute atomic E-state index is 13.5. The molecule has 3 saturated carbocycles. The Labute approximate surface area is 199 Å². The van der Waals surface area contributed by atoms with Crippen molar-refractivity contribution < 1.29 is 29.3 Å². The van der Waals surface area contributed by atoms with E-state index in [-0.39, 0.29) is 34.7 Å². The molecule has 1 aromatic carbocycles. The molecule has 34 heavy (non-hydrogen) atoms. The highest BCUT2D eigenvalue weighted by Crippen LogP contribution is 2.70. The second kappa shape index (κ2) is 7.44. The fourth-order valence-electron chi connectivity index (χ4n) is 8.44. The molecule has 4 aliphatic carbocycles. The van der Waals surface area contributed by atoms with Crippen molar-refractivity contribution in [2.45, 2.75) is 63.6 Å². The van der Waals surface area contributed by atoms with Crippen molar-refractivity contribution in [2.75, 3.05) is 6.61 Å². The number of aliphatic hydroxyl groups is 2. The molecular weight excluding hydrogens is 432 g/mol. The molecule has 1 aromatic rings. The molecule has 180 valence electrons. The lowest BCUT2D eigenvalue weighted by Crippen LogP contribution is -2.63. The monoisotopic (exact) mass is 464 g/mol. The Kier molecular flexibility index (Phi) is 4.89. The number of allylic oxidation sites excluding steroid dienone is 4. The lowest BCUT2D eigenvalue weighted by molar-refractivity contribution is -0.201. The number of aliphatic hydroxyl groups excluding tert-OH is 2. The van der Waals surface area contributed by atoms with Crippen LogP contribution in [0.5, 0.6) is 0 Å². The van der Waals surface area contributed by atoms with E-state index in [0.717, 1.165) is 24.0 Å². The average Bonchev–Trinajstić information content (AvgIpc) is 3.32. The second-order valence-corrected chi connectivity index (χ2v) is 11.2. The first-order valence-electron chi connectivity index (χ1n) is 12.4. The molecule has 2 N–H and O–H groups in total. The van der Waals surface area contributed by atoms with Crippen LogP contribution in [0.25, 0.3) is 0 Å². The van der Waals surface area contributed by atoms with Gasteiger partial charge >= 0.3 is 0 Å². The fraction of sp³-hybridized carbons (Fsp3) is 0.571. The molecule has 0 radical (unpaired) electrons. The van der Waals surface area contributed by atoms with Gasteiger partial charge in [0.25, 0.3) is 0 Å². The standard InChI is InChI=1S/C28H32O6/c1-26-11-10-18(30)12-17(26)8-9-19-20-13-23-28(22(32)15-29,27(20,2)14-21(31)24(19)26)34-25(33-23)16-6-4-3-5-7-16/h3-7,10-12,19-21,23-25,29,31H,8-9,13-15H2,1-2H3/t19-,20-,21-,23?,24+,25?,26-,27-,28+/m0/s1. The van der Waals surface area contributed by atoms with Gasteiger partial charge in [0.2, 0.25) is 0 Å². The van der Waals surface area contributed by atoms with Gasteiger partial charge < -0.3 is 19.7 Å². The number of carbonyl (C=O) groups is 2. The molecule has 6 rings (SSSR count). The Balaban J connectivity index is 1.41. The number of hydrogen-bond acceptors (Lipinski definition) is 6. The molecule has 1 saturated heterocycles. The summed E-state index contributed by atoms with van der Waals surface area (Å²) in [5.41, 5.74) is -0.410. The Bertz CT molecular complexity index is 1090. The van der Waals surface area contributed by atoms with E-state index in [2.05, 4.69) is 13.8 Å². The van der Waals surface area contributed by atoms with Gasteiger partial charge in [0.05, 0.1) is 12.2 Å². The molecule has 0 aromatic heterocycles. The van der Waals surface area contributed by atoms with Gasteiger partial charge in [0.15, 0.2) is 23.5 Å². The molecule has 4 fully saturated rings. The smallest absolute Gasteiger partial charge is 0.193 e. The molecule has 5 aliphatic rings. The van der Waals surface area contributed by atoms with E-state index in [9.17, 15) is 19.8 Å². The lowest BCUT2D eigenvalue weighted by Gasteiger charge is -2.59. The summed E-state index contributed by atoms with van der Waals surface area (Å²) in [5, 5.41) is 21.7. The zero-order valence-electron chi connectivity index (χ0n) is 19.6. The van der Waals surface area contributed by atoms with Crippen molar-refractivity contribution in [2.24, 2.45) is 28.6 Å². The predicted octanol–water partition coefficient (Wildman–Crippen LogP) is 3.29. The first kappa shape index (κ1) is 22.4. The summed E-state index contributed by atoms with van der Waals surface area (Å²) in [6.45, 7) is 3.56. The number of benzene rings is 1. The summed E-state index contributed by atoms with van der Waals surface area (Å²) in [6, 6.07) is 9.57. The molecule has 1 heterocycles. The Morgan fingerprint density at radius 2 is 1.97 bits per heavy atom. The third-order valence-corrected chi connectivity index (χ3v) is 9.87. The summed E-state index contributed by atoms with van der Waals surface area (Å²) in [4.78, 5) is 25.5.